The molecule has 1 nitrogen and oxygen atoms in total. The van der Waals surface area contributed by atoms with Gasteiger partial charge in [-0.15, -0.1) is 0 Å². The third-order valence-electron chi connectivity index (χ3n) is 1.25. The fraction of sp³-hybridized carbons (Fsp3) is 1.00. The zero-order chi connectivity index (χ0) is 7.28. The highest BCUT2D eigenvalue weighted by molar-refractivity contribution is 7.80. The second kappa shape index (κ2) is 5.12. The minimum Gasteiger partial charge on any atom is -0.314 e. The summed E-state index contributed by atoms with van der Waals surface area (Å²) < 4.78 is 0. The SMILES string of the molecule is CCNC(C)CC(C)S. The molecule has 2 atom stereocenters. The van der Waals surface area contributed by atoms with E-state index in [9.17, 15) is 0 Å². The molecule has 0 fully saturated rings. The predicted octanol–water partition coefficient (Wildman–Crippen LogP) is 1.69. The fourth-order valence-electron chi connectivity index (χ4n) is 0.943. The van der Waals surface area contributed by atoms with Crippen LogP contribution in [-0.2, 0) is 0 Å². The lowest BCUT2D eigenvalue weighted by Gasteiger charge is -2.13. The lowest BCUT2D eigenvalue weighted by molar-refractivity contribution is 0.531. The standard InChI is InChI=1S/C7H17NS/c1-4-8-6(2)5-7(3)9/h6-9H,4-5H2,1-3H3. The molecule has 56 valence electrons. The largest absolute Gasteiger partial charge is 0.314 e. The zero-order valence-corrected chi connectivity index (χ0v) is 7.41. The van der Waals surface area contributed by atoms with Crippen LogP contribution in [0.25, 0.3) is 0 Å². The van der Waals surface area contributed by atoms with Crippen molar-refractivity contribution in [2.45, 2.75) is 38.5 Å². The molecule has 0 saturated carbocycles. The summed E-state index contributed by atoms with van der Waals surface area (Å²) in [5.74, 6) is 0. The van der Waals surface area contributed by atoms with Crippen molar-refractivity contribution in [3.63, 3.8) is 0 Å². The first-order chi connectivity index (χ1) is 4.16. The second-order valence-electron chi connectivity index (χ2n) is 2.54. The molecule has 9 heavy (non-hydrogen) atoms. The van der Waals surface area contributed by atoms with Gasteiger partial charge in [0.1, 0.15) is 0 Å². The Morgan fingerprint density at radius 1 is 1.44 bits per heavy atom. The normalized spacial score (nSPS) is 17.3. The topological polar surface area (TPSA) is 12.0 Å². The number of hydrogen-bond acceptors (Lipinski definition) is 2. The molecule has 0 aliphatic heterocycles. The maximum Gasteiger partial charge on any atom is 0.00489 e. The third kappa shape index (κ3) is 6.19. The molecule has 0 radical (unpaired) electrons. The van der Waals surface area contributed by atoms with Gasteiger partial charge >= 0.3 is 0 Å². The minimum atomic E-state index is 0.513. The average Bonchev–Trinajstić information content (AvgIpc) is 1.63. The first-order valence-electron chi connectivity index (χ1n) is 3.58. The average molecular weight is 147 g/mol. The Morgan fingerprint density at radius 3 is 2.33 bits per heavy atom. The third-order valence-corrected chi connectivity index (χ3v) is 1.46. The Morgan fingerprint density at radius 2 is 2.00 bits per heavy atom. The lowest BCUT2D eigenvalue weighted by Crippen LogP contribution is -2.27. The molecule has 0 aromatic rings. The summed E-state index contributed by atoms with van der Waals surface area (Å²) in [6, 6.07) is 0.613. The summed E-state index contributed by atoms with van der Waals surface area (Å²) in [6.45, 7) is 7.49. The molecule has 0 saturated heterocycles. The molecular formula is C7H17NS. The van der Waals surface area contributed by atoms with E-state index >= 15 is 0 Å². The Labute approximate surface area is 63.6 Å². The Hall–Kier alpha value is 0.310. The maximum absolute atomic E-state index is 4.29. The molecule has 0 aromatic heterocycles. The van der Waals surface area contributed by atoms with Gasteiger partial charge in [0.2, 0.25) is 0 Å². The molecule has 1 N–H and O–H groups in total. The minimum absolute atomic E-state index is 0.513. The van der Waals surface area contributed by atoms with Crippen LogP contribution in [0.5, 0.6) is 0 Å². The molecule has 0 aliphatic carbocycles. The van der Waals surface area contributed by atoms with Gasteiger partial charge in [-0.3, -0.25) is 0 Å². The van der Waals surface area contributed by atoms with Crippen molar-refractivity contribution in [1.29, 1.82) is 0 Å². The number of rotatable bonds is 4. The van der Waals surface area contributed by atoms with Gasteiger partial charge < -0.3 is 5.32 Å². The quantitative estimate of drug-likeness (QED) is 0.577. The van der Waals surface area contributed by atoms with E-state index < -0.39 is 0 Å². The van der Waals surface area contributed by atoms with Crippen LogP contribution >= 0.6 is 12.6 Å². The van der Waals surface area contributed by atoms with Gasteiger partial charge in [0.25, 0.3) is 0 Å². The van der Waals surface area contributed by atoms with E-state index in [-0.39, 0.29) is 0 Å². The van der Waals surface area contributed by atoms with Crippen molar-refractivity contribution in [2.24, 2.45) is 0 Å². The van der Waals surface area contributed by atoms with Crippen LogP contribution < -0.4 is 5.32 Å². The first kappa shape index (κ1) is 9.31. The van der Waals surface area contributed by atoms with Crippen molar-refractivity contribution in [3.8, 4) is 0 Å². The van der Waals surface area contributed by atoms with Crippen LogP contribution in [0.3, 0.4) is 0 Å². The molecule has 2 unspecified atom stereocenters. The maximum atomic E-state index is 4.29. The molecule has 0 aliphatic rings. The second-order valence-corrected chi connectivity index (χ2v) is 3.42. The van der Waals surface area contributed by atoms with Crippen molar-refractivity contribution in [1.82, 2.24) is 5.32 Å². The number of hydrogen-bond donors (Lipinski definition) is 2. The van der Waals surface area contributed by atoms with Gasteiger partial charge in [-0.25, -0.2) is 0 Å². The Kier molecular flexibility index (Phi) is 5.30. The van der Waals surface area contributed by atoms with Gasteiger partial charge in [0, 0.05) is 11.3 Å². The Balaban J connectivity index is 3.15. The Bertz CT molecular complexity index is 63.9. The van der Waals surface area contributed by atoms with Crippen molar-refractivity contribution in [2.75, 3.05) is 6.54 Å². The van der Waals surface area contributed by atoms with Gasteiger partial charge in [-0.05, 0) is 19.9 Å². The molecule has 0 bridgehead atoms. The molecule has 0 aromatic carbocycles. The lowest BCUT2D eigenvalue weighted by atomic mass is 10.2. The summed E-state index contributed by atoms with van der Waals surface area (Å²) in [5.41, 5.74) is 0. The summed E-state index contributed by atoms with van der Waals surface area (Å²) >= 11 is 4.29. The van der Waals surface area contributed by atoms with Crippen LogP contribution in [-0.4, -0.2) is 17.8 Å². The van der Waals surface area contributed by atoms with Crippen molar-refractivity contribution < 1.29 is 0 Å². The summed E-state index contributed by atoms with van der Waals surface area (Å²) in [4.78, 5) is 0. The molecular weight excluding hydrogens is 130 g/mol. The highest BCUT2D eigenvalue weighted by atomic mass is 32.1. The fourth-order valence-corrected chi connectivity index (χ4v) is 1.26. The highest BCUT2D eigenvalue weighted by Crippen LogP contribution is 2.02. The van der Waals surface area contributed by atoms with Gasteiger partial charge in [0.15, 0.2) is 0 Å². The molecule has 0 rings (SSSR count). The summed E-state index contributed by atoms with van der Waals surface area (Å²) in [7, 11) is 0. The van der Waals surface area contributed by atoms with E-state index in [0.29, 0.717) is 11.3 Å². The van der Waals surface area contributed by atoms with Crippen LogP contribution in [0.1, 0.15) is 27.2 Å². The van der Waals surface area contributed by atoms with E-state index in [4.69, 9.17) is 0 Å². The summed E-state index contributed by atoms with van der Waals surface area (Å²) in [6.07, 6.45) is 1.15. The number of nitrogens with one attached hydrogen (secondary N) is 1. The van der Waals surface area contributed by atoms with Gasteiger partial charge in [0.05, 0.1) is 0 Å². The van der Waals surface area contributed by atoms with E-state index in [0.717, 1.165) is 13.0 Å². The van der Waals surface area contributed by atoms with Crippen LogP contribution in [0.2, 0.25) is 0 Å². The van der Waals surface area contributed by atoms with Crippen molar-refractivity contribution in [3.05, 3.63) is 0 Å². The molecule has 2 heteroatoms. The first-order valence-corrected chi connectivity index (χ1v) is 4.10. The predicted molar refractivity (Wildman–Crippen MR) is 46.2 cm³/mol. The van der Waals surface area contributed by atoms with E-state index in [1.807, 2.05) is 0 Å². The molecule has 0 amide bonds. The highest BCUT2D eigenvalue weighted by Gasteiger charge is 2.01. The number of thiol groups is 1. The van der Waals surface area contributed by atoms with E-state index in [1.165, 1.54) is 0 Å². The van der Waals surface area contributed by atoms with Crippen molar-refractivity contribution >= 4 is 12.6 Å². The van der Waals surface area contributed by atoms with E-state index in [2.05, 4.69) is 38.7 Å². The van der Waals surface area contributed by atoms with E-state index in [1.54, 1.807) is 0 Å². The molecule has 0 spiro atoms. The summed E-state index contributed by atoms with van der Waals surface area (Å²) in [5, 5.41) is 3.84. The van der Waals surface area contributed by atoms with Crippen LogP contribution in [0.4, 0.5) is 0 Å². The van der Waals surface area contributed by atoms with Crippen LogP contribution in [0, 0.1) is 0 Å². The zero-order valence-electron chi connectivity index (χ0n) is 6.52. The smallest absolute Gasteiger partial charge is 0.00489 e. The van der Waals surface area contributed by atoms with Gasteiger partial charge in [-0.1, -0.05) is 13.8 Å². The van der Waals surface area contributed by atoms with Gasteiger partial charge in [-0.2, -0.15) is 12.6 Å². The molecule has 0 heterocycles. The monoisotopic (exact) mass is 147 g/mol. The van der Waals surface area contributed by atoms with Crippen LogP contribution in [0.15, 0.2) is 0 Å².